The molecule has 8 heteroatoms. The Kier molecular flexibility index (Phi) is 6.29. The van der Waals surface area contributed by atoms with Crippen LogP contribution in [0.25, 0.3) is 0 Å². The Bertz CT molecular complexity index is 924. The maximum atomic E-state index is 12.7. The van der Waals surface area contributed by atoms with E-state index in [1.165, 1.54) is 24.3 Å². The molecule has 0 unspecified atom stereocenters. The molecule has 1 heterocycles. The number of hydrogen-bond acceptors (Lipinski definition) is 5. The van der Waals surface area contributed by atoms with Crippen LogP contribution >= 0.6 is 11.6 Å². The number of nitrogens with zero attached hydrogens (tertiary/aromatic N) is 2. The number of furan rings is 1. The third kappa shape index (κ3) is 5.34. The number of amides is 1. The first-order chi connectivity index (χ1) is 13.5. The average molecular weight is 401 g/mol. The molecular weight excluding hydrogens is 384 g/mol. The summed E-state index contributed by atoms with van der Waals surface area (Å²) < 4.78 is 10.8. The van der Waals surface area contributed by atoms with E-state index >= 15 is 0 Å². The van der Waals surface area contributed by atoms with Crippen molar-refractivity contribution in [1.82, 2.24) is 4.90 Å². The summed E-state index contributed by atoms with van der Waals surface area (Å²) in [4.78, 5) is 24.5. The van der Waals surface area contributed by atoms with Crippen molar-refractivity contribution in [3.63, 3.8) is 0 Å². The predicted octanol–water partition coefficient (Wildman–Crippen LogP) is 4.45. The van der Waals surface area contributed by atoms with Crippen LogP contribution in [0.15, 0.2) is 71.3 Å². The fourth-order valence-corrected chi connectivity index (χ4v) is 2.66. The molecule has 0 aliphatic carbocycles. The summed E-state index contributed by atoms with van der Waals surface area (Å²) in [5.41, 5.74) is 0.875. The van der Waals surface area contributed by atoms with Crippen molar-refractivity contribution in [2.24, 2.45) is 0 Å². The zero-order valence-corrected chi connectivity index (χ0v) is 15.5. The molecule has 3 rings (SSSR count). The lowest BCUT2D eigenvalue weighted by Crippen LogP contribution is -2.34. The number of carbonyl (C=O) groups is 1. The molecule has 28 heavy (non-hydrogen) atoms. The summed E-state index contributed by atoms with van der Waals surface area (Å²) in [6.45, 7) is 0.449. The van der Waals surface area contributed by atoms with E-state index in [4.69, 9.17) is 20.8 Å². The molecule has 0 radical (unpaired) electrons. The van der Waals surface area contributed by atoms with Crippen LogP contribution in [-0.2, 0) is 17.9 Å². The van der Waals surface area contributed by atoms with E-state index in [1.807, 2.05) is 12.1 Å². The zero-order valence-electron chi connectivity index (χ0n) is 14.8. The number of hydrogen-bond donors (Lipinski definition) is 0. The molecule has 2 aromatic carbocycles. The highest BCUT2D eigenvalue weighted by Crippen LogP contribution is 2.18. The van der Waals surface area contributed by atoms with Crippen molar-refractivity contribution >= 4 is 23.2 Å². The monoisotopic (exact) mass is 400 g/mol. The molecule has 7 nitrogen and oxygen atoms in total. The number of non-ortho nitro benzene ring substituents is 1. The highest BCUT2D eigenvalue weighted by atomic mass is 35.5. The van der Waals surface area contributed by atoms with Crippen LogP contribution in [0.2, 0.25) is 5.02 Å². The van der Waals surface area contributed by atoms with Crippen LogP contribution in [0, 0.1) is 10.1 Å². The van der Waals surface area contributed by atoms with Crippen molar-refractivity contribution in [2.75, 3.05) is 6.61 Å². The summed E-state index contributed by atoms with van der Waals surface area (Å²) >= 11 is 5.92. The topological polar surface area (TPSA) is 85.8 Å². The lowest BCUT2D eigenvalue weighted by atomic mass is 10.2. The number of ether oxygens (including phenoxy) is 1. The van der Waals surface area contributed by atoms with Crippen LogP contribution in [-0.4, -0.2) is 22.3 Å². The Balaban J connectivity index is 1.66. The van der Waals surface area contributed by atoms with Gasteiger partial charge in [-0.2, -0.15) is 0 Å². The van der Waals surface area contributed by atoms with Gasteiger partial charge in [0.05, 0.1) is 17.7 Å². The van der Waals surface area contributed by atoms with Crippen molar-refractivity contribution < 1.29 is 18.9 Å². The number of carbonyl (C=O) groups excluding carboxylic acids is 1. The van der Waals surface area contributed by atoms with Crippen LogP contribution in [0.4, 0.5) is 5.69 Å². The van der Waals surface area contributed by atoms with Crippen LogP contribution in [0.1, 0.15) is 11.3 Å². The average Bonchev–Trinajstić information content (AvgIpc) is 3.20. The molecule has 0 saturated carbocycles. The normalized spacial score (nSPS) is 10.5. The molecule has 0 aliphatic rings. The van der Waals surface area contributed by atoms with Crippen LogP contribution in [0.3, 0.4) is 0 Å². The largest absolute Gasteiger partial charge is 0.484 e. The fraction of sp³-hybridized carbons (Fsp3) is 0.150. The summed E-state index contributed by atoms with van der Waals surface area (Å²) in [6.07, 6.45) is 1.55. The fourth-order valence-electron chi connectivity index (χ4n) is 2.53. The van der Waals surface area contributed by atoms with E-state index in [-0.39, 0.29) is 24.7 Å². The predicted molar refractivity (Wildman–Crippen MR) is 103 cm³/mol. The number of nitro groups is 1. The van der Waals surface area contributed by atoms with Gasteiger partial charge < -0.3 is 14.1 Å². The van der Waals surface area contributed by atoms with Crippen molar-refractivity contribution in [3.8, 4) is 5.75 Å². The molecule has 1 aromatic heterocycles. The molecule has 0 fully saturated rings. The second-order valence-corrected chi connectivity index (χ2v) is 6.43. The quantitative estimate of drug-likeness (QED) is 0.412. The van der Waals surface area contributed by atoms with E-state index in [9.17, 15) is 14.9 Å². The molecule has 0 saturated heterocycles. The van der Waals surface area contributed by atoms with Gasteiger partial charge in [-0.3, -0.25) is 14.9 Å². The van der Waals surface area contributed by atoms with E-state index in [1.54, 1.807) is 35.4 Å². The van der Waals surface area contributed by atoms with Crippen molar-refractivity contribution in [2.45, 2.75) is 13.1 Å². The summed E-state index contributed by atoms with van der Waals surface area (Å²) in [6, 6.07) is 16.3. The van der Waals surface area contributed by atoms with E-state index in [0.29, 0.717) is 23.1 Å². The SMILES string of the molecule is O=C(COc1ccc([N+](=O)[O-])cc1)N(Cc1ccc(Cl)cc1)Cc1ccco1. The molecule has 144 valence electrons. The second-order valence-electron chi connectivity index (χ2n) is 6.00. The smallest absolute Gasteiger partial charge is 0.269 e. The molecule has 0 spiro atoms. The Morgan fingerprint density at radius 2 is 1.79 bits per heavy atom. The highest BCUT2D eigenvalue weighted by molar-refractivity contribution is 6.30. The molecule has 3 aromatic rings. The van der Waals surface area contributed by atoms with Gasteiger partial charge in [0.15, 0.2) is 6.61 Å². The van der Waals surface area contributed by atoms with Gasteiger partial charge in [-0.1, -0.05) is 23.7 Å². The molecule has 0 aliphatic heterocycles. The molecule has 0 atom stereocenters. The van der Waals surface area contributed by atoms with Crippen molar-refractivity contribution in [3.05, 3.63) is 93.4 Å². The highest BCUT2D eigenvalue weighted by Gasteiger charge is 2.17. The minimum Gasteiger partial charge on any atom is -0.484 e. The van der Waals surface area contributed by atoms with E-state index in [0.717, 1.165) is 5.56 Å². The van der Waals surface area contributed by atoms with Gasteiger partial charge in [-0.25, -0.2) is 0 Å². The maximum absolute atomic E-state index is 12.7. The van der Waals surface area contributed by atoms with Gasteiger partial charge in [0, 0.05) is 23.7 Å². The first-order valence-corrected chi connectivity index (χ1v) is 8.81. The summed E-state index contributed by atoms with van der Waals surface area (Å²) in [5.74, 6) is 0.783. The van der Waals surface area contributed by atoms with Gasteiger partial charge in [-0.15, -0.1) is 0 Å². The van der Waals surface area contributed by atoms with Gasteiger partial charge in [0.1, 0.15) is 11.5 Å². The van der Waals surface area contributed by atoms with Crippen LogP contribution in [0.5, 0.6) is 5.75 Å². The molecule has 1 amide bonds. The zero-order chi connectivity index (χ0) is 19.9. The van der Waals surface area contributed by atoms with Crippen LogP contribution < -0.4 is 4.74 Å². The Morgan fingerprint density at radius 1 is 1.07 bits per heavy atom. The second kappa shape index (κ2) is 9.05. The van der Waals surface area contributed by atoms with E-state index in [2.05, 4.69) is 0 Å². The molecular formula is C20H17ClN2O5. The number of rotatable bonds is 8. The molecule has 0 N–H and O–H groups in total. The maximum Gasteiger partial charge on any atom is 0.269 e. The number of nitro benzene ring substituents is 1. The van der Waals surface area contributed by atoms with Gasteiger partial charge >= 0.3 is 0 Å². The van der Waals surface area contributed by atoms with Gasteiger partial charge in [0.2, 0.25) is 0 Å². The third-order valence-corrected chi connectivity index (χ3v) is 4.23. The first-order valence-electron chi connectivity index (χ1n) is 8.43. The lowest BCUT2D eigenvalue weighted by molar-refractivity contribution is -0.384. The Labute approximate surface area is 166 Å². The number of benzene rings is 2. The number of halogens is 1. The minimum absolute atomic E-state index is 0.0409. The standard InChI is InChI=1S/C20H17ClN2O5/c21-16-5-3-15(4-6-16)12-22(13-19-2-1-11-27-19)20(24)14-28-18-9-7-17(8-10-18)23(25)26/h1-11H,12-14H2. The van der Waals surface area contributed by atoms with E-state index < -0.39 is 4.92 Å². The minimum atomic E-state index is -0.494. The summed E-state index contributed by atoms with van der Waals surface area (Å²) in [7, 11) is 0. The lowest BCUT2D eigenvalue weighted by Gasteiger charge is -2.22. The van der Waals surface area contributed by atoms with Crippen molar-refractivity contribution in [1.29, 1.82) is 0 Å². The first kappa shape index (κ1) is 19.4. The van der Waals surface area contributed by atoms with Gasteiger partial charge in [-0.05, 0) is 42.0 Å². The Hall–Kier alpha value is -3.32. The van der Waals surface area contributed by atoms with Gasteiger partial charge in [0.25, 0.3) is 11.6 Å². The molecule has 0 bridgehead atoms. The summed E-state index contributed by atoms with van der Waals surface area (Å²) in [5, 5.41) is 11.3. The Morgan fingerprint density at radius 3 is 2.39 bits per heavy atom. The third-order valence-electron chi connectivity index (χ3n) is 3.98.